The molecule has 0 saturated heterocycles. The van der Waals surface area contributed by atoms with E-state index in [1.54, 1.807) is 53.4 Å². The average Bonchev–Trinajstić information content (AvgIpc) is 2.82. The number of rotatable bonds is 3. The van der Waals surface area contributed by atoms with E-state index in [0.29, 0.717) is 17.9 Å². The first-order valence-electron chi connectivity index (χ1n) is 10.7. The summed E-state index contributed by atoms with van der Waals surface area (Å²) in [7, 11) is -3.43. The van der Waals surface area contributed by atoms with Crippen LogP contribution in [0.25, 0.3) is 16.6 Å². The lowest BCUT2D eigenvalue weighted by atomic mass is 10.0. The van der Waals surface area contributed by atoms with Gasteiger partial charge in [-0.2, -0.15) is 0 Å². The van der Waals surface area contributed by atoms with E-state index >= 15 is 0 Å². The van der Waals surface area contributed by atoms with Crippen LogP contribution >= 0.6 is 0 Å². The van der Waals surface area contributed by atoms with Crippen molar-refractivity contribution in [2.45, 2.75) is 17.7 Å². The van der Waals surface area contributed by atoms with Crippen LogP contribution in [0.5, 0.6) is 0 Å². The molecule has 172 valence electrons. The van der Waals surface area contributed by atoms with Crippen LogP contribution in [0.2, 0.25) is 0 Å². The highest BCUT2D eigenvalue weighted by atomic mass is 32.2. The van der Waals surface area contributed by atoms with Crippen LogP contribution < -0.4 is 16.1 Å². The molecule has 0 saturated carbocycles. The summed E-state index contributed by atoms with van der Waals surface area (Å²) in [5.74, 6) is -0.332. The molecule has 0 fully saturated rings. The summed E-state index contributed by atoms with van der Waals surface area (Å²) in [5, 5.41) is 0.276. The van der Waals surface area contributed by atoms with Gasteiger partial charge in [-0.3, -0.25) is 9.59 Å². The number of hydrogen-bond acceptors (Lipinski definition) is 5. The number of carbonyl (C=O) groups is 1. The number of aromatic nitrogens is 2. The Balaban J connectivity index is 1.58. The Hall–Kier alpha value is -3.98. The number of anilines is 1. The number of benzene rings is 3. The fraction of sp³-hybridized carbons (Fsp3) is 0.160. The van der Waals surface area contributed by atoms with Crippen molar-refractivity contribution in [1.82, 2.24) is 9.55 Å². The van der Waals surface area contributed by atoms with Gasteiger partial charge in [-0.15, -0.1) is 0 Å². The molecule has 0 spiro atoms. The van der Waals surface area contributed by atoms with Crippen molar-refractivity contribution in [1.29, 1.82) is 0 Å². The Bertz CT molecular complexity index is 1670. The van der Waals surface area contributed by atoms with Crippen LogP contribution in [0.3, 0.4) is 0 Å². The Kier molecular flexibility index (Phi) is 5.21. The van der Waals surface area contributed by atoms with Crippen molar-refractivity contribution in [3.8, 4) is 5.69 Å². The van der Waals surface area contributed by atoms with E-state index in [1.165, 1.54) is 18.2 Å². The van der Waals surface area contributed by atoms with E-state index in [-0.39, 0.29) is 27.3 Å². The molecule has 8 nitrogen and oxygen atoms in total. The molecule has 0 radical (unpaired) electrons. The number of nitrogens with zero attached hydrogens (tertiary/aromatic N) is 2. The topological polar surface area (TPSA) is 109 Å². The molecule has 1 aromatic heterocycles. The second-order valence-electron chi connectivity index (χ2n) is 8.29. The summed E-state index contributed by atoms with van der Waals surface area (Å²) in [6.45, 7) is 0.434. The Morgan fingerprint density at radius 2 is 1.74 bits per heavy atom. The number of carbonyl (C=O) groups excluding carboxylic acids is 1. The van der Waals surface area contributed by atoms with Crippen LogP contribution in [0, 0.1) is 0 Å². The van der Waals surface area contributed by atoms with Crippen molar-refractivity contribution in [3.63, 3.8) is 0 Å². The highest BCUT2D eigenvalue weighted by Crippen LogP contribution is 2.31. The normalized spacial score (nSPS) is 13.6. The second-order valence-corrected chi connectivity index (χ2v) is 10.3. The summed E-state index contributed by atoms with van der Waals surface area (Å²) >= 11 is 0. The van der Waals surface area contributed by atoms with Gasteiger partial charge in [-0.25, -0.2) is 17.8 Å². The number of nitrogens with one attached hydrogen (secondary N) is 1. The maximum Gasteiger partial charge on any atom is 0.333 e. The van der Waals surface area contributed by atoms with Gasteiger partial charge < -0.3 is 9.88 Å². The van der Waals surface area contributed by atoms with Crippen molar-refractivity contribution in [3.05, 3.63) is 98.7 Å². The van der Waals surface area contributed by atoms with E-state index < -0.39 is 21.1 Å². The number of aryl methyl sites for hydroxylation is 1. The second kappa shape index (κ2) is 8.11. The van der Waals surface area contributed by atoms with E-state index in [4.69, 9.17) is 0 Å². The fourth-order valence-corrected chi connectivity index (χ4v) is 4.96. The lowest BCUT2D eigenvalue weighted by molar-refractivity contribution is 0.0985. The molecule has 1 amide bonds. The zero-order valence-electron chi connectivity index (χ0n) is 18.3. The number of aromatic amines is 1. The highest BCUT2D eigenvalue weighted by molar-refractivity contribution is 7.90. The number of hydrogen-bond donors (Lipinski definition) is 1. The molecule has 0 aliphatic carbocycles. The van der Waals surface area contributed by atoms with Crippen molar-refractivity contribution < 1.29 is 13.2 Å². The van der Waals surface area contributed by atoms with Crippen LogP contribution in [0.1, 0.15) is 22.3 Å². The first-order chi connectivity index (χ1) is 16.2. The third kappa shape index (κ3) is 3.73. The smallest absolute Gasteiger partial charge is 0.308 e. The summed E-state index contributed by atoms with van der Waals surface area (Å²) in [5.41, 5.74) is 1.37. The van der Waals surface area contributed by atoms with Crippen LogP contribution in [-0.2, 0) is 16.3 Å². The first-order valence-corrected chi connectivity index (χ1v) is 12.6. The molecule has 5 rings (SSSR count). The number of H-pyrrole nitrogens is 1. The first kappa shape index (κ1) is 21.8. The number of amides is 1. The molecule has 3 aromatic carbocycles. The minimum Gasteiger partial charge on any atom is -0.308 e. The lowest BCUT2D eigenvalue weighted by Crippen LogP contribution is -2.36. The largest absolute Gasteiger partial charge is 0.333 e. The Labute approximate surface area is 195 Å². The van der Waals surface area contributed by atoms with Gasteiger partial charge in [-0.1, -0.05) is 24.3 Å². The molecule has 1 aliphatic heterocycles. The molecular formula is C25H21N3O5S. The maximum atomic E-state index is 13.4. The lowest BCUT2D eigenvalue weighted by Gasteiger charge is -2.30. The maximum absolute atomic E-state index is 13.4. The van der Waals surface area contributed by atoms with E-state index in [9.17, 15) is 22.8 Å². The van der Waals surface area contributed by atoms with Gasteiger partial charge in [0.05, 0.1) is 21.5 Å². The molecule has 34 heavy (non-hydrogen) atoms. The van der Waals surface area contributed by atoms with Crippen molar-refractivity contribution >= 4 is 32.3 Å². The number of para-hydroxylation sites is 1. The summed E-state index contributed by atoms with van der Waals surface area (Å²) in [6, 6.07) is 18.0. The Morgan fingerprint density at radius 3 is 2.47 bits per heavy atom. The van der Waals surface area contributed by atoms with E-state index in [2.05, 4.69) is 4.98 Å². The molecular weight excluding hydrogens is 454 g/mol. The summed E-state index contributed by atoms with van der Waals surface area (Å²) in [4.78, 5) is 43.5. The van der Waals surface area contributed by atoms with Crippen molar-refractivity contribution in [2.75, 3.05) is 17.7 Å². The van der Waals surface area contributed by atoms with E-state index in [1.807, 2.05) is 0 Å². The molecule has 9 heteroatoms. The van der Waals surface area contributed by atoms with Gasteiger partial charge >= 0.3 is 5.69 Å². The molecule has 4 aromatic rings. The molecule has 0 atom stereocenters. The third-order valence-electron chi connectivity index (χ3n) is 6.01. The van der Waals surface area contributed by atoms with Gasteiger partial charge in [-0.05, 0) is 60.9 Å². The predicted molar refractivity (Wildman–Crippen MR) is 130 cm³/mol. The molecule has 2 heterocycles. The van der Waals surface area contributed by atoms with Gasteiger partial charge in [0.15, 0.2) is 9.84 Å². The Morgan fingerprint density at radius 1 is 0.971 bits per heavy atom. The van der Waals surface area contributed by atoms with Crippen molar-refractivity contribution in [2.24, 2.45) is 0 Å². The third-order valence-corrected chi connectivity index (χ3v) is 7.12. The van der Waals surface area contributed by atoms with Gasteiger partial charge in [0.25, 0.3) is 11.5 Å². The molecule has 1 N–H and O–H groups in total. The SMILES string of the molecule is CS(=O)(=O)c1ccc2c(c1)N(C(=O)c1ccc3c(=O)n(-c4ccccc4)c(=O)[nH]c3c1)CCC2. The van der Waals surface area contributed by atoms with Crippen LogP contribution in [0.15, 0.2) is 81.2 Å². The minimum atomic E-state index is -3.43. The van der Waals surface area contributed by atoms with E-state index in [0.717, 1.165) is 29.2 Å². The summed E-state index contributed by atoms with van der Waals surface area (Å²) < 4.78 is 25.1. The number of fused-ring (bicyclic) bond motifs is 2. The minimum absolute atomic E-state index is 0.148. The van der Waals surface area contributed by atoms with Gasteiger partial charge in [0.2, 0.25) is 0 Å². The zero-order chi connectivity index (χ0) is 24.0. The highest BCUT2D eigenvalue weighted by Gasteiger charge is 2.25. The zero-order valence-corrected chi connectivity index (χ0v) is 19.1. The quantitative estimate of drug-likeness (QED) is 0.490. The molecule has 0 bridgehead atoms. The predicted octanol–water partition coefficient (Wildman–Crippen LogP) is 2.68. The van der Waals surface area contributed by atoms with Gasteiger partial charge in [0.1, 0.15) is 0 Å². The van der Waals surface area contributed by atoms with Crippen LogP contribution in [-0.4, -0.2) is 36.7 Å². The molecule has 1 aliphatic rings. The standard InChI is InChI=1S/C25H21N3O5S/c1-34(32,33)19-11-9-16-6-5-13-27(22(16)15-19)23(29)17-10-12-20-21(14-17)26-25(31)28(24(20)30)18-7-3-2-4-8-18/h2-4,7-12,14-15H,5-6,13H2,1H3,(H,26,31). The number of sulfone groups is 1. The fourth-order valence-electron chi connectivity index (χ4n) is 4.31. The summed E-state index contributed by atoms with van der Waals surface area (Å²) in [6.07, 6.45) is 2.61. The van der Waals surface area contributed by atoms with Crippen LogP contribution in [0.4, 0.5) is 5.69 Å². The van der Waals surface area contributed by atoms with Gasteiger partial charge in [0, 0.05) is 24.1 Å². The average molecular weight is 476 g/mol. The molecule has 0 unspecified atom stereocenters. The monoisotopic (exact) mass is 475 g/mol.